The van der Waals surface area contributed by atoms with E-state index in [1.165, 1.54) is 0 Å². The summed E-state index contributed by atoms with van der Waals surface area (Å²) in [6, 6.07) is 13.3. The van der Waals surface area contributed by atoms with Gasteiger partial charge in [-0.15, -0.1) is 24.0 Å². The maximum atomic E-state index is 5.86. The third kappa shape index (κ3) is 8.08. The molecular weight excluding hydrogens is 507 g/mol. The fraction of sp³-hybridized carbons (Fsp3) is 0.318. The lowest BCUT2D eigenvalue weighted by Crippen LogP contribution is -2.37. The van der Waals surface area contributed by atoms with E-state index in [0.29, 0.717) is 30.5 Å². The van der Waals surface area contributed by atoms with Gasteiger partial charge in [0.05, 0.1) is 6.61 Å². The van der Waals surface area contributed by atoms with Gasteiger partial charge in [-0.3, -0.25) is 9.67 Å². The molecule has 31 heavy (non-hydrogen) atoms. The van der Waals surface area contributed by atoms with Gasteiger partial charge in [0.2, 0.25) is 5.88 Å². The van der Waals surface area contributed by atoms with E-state index >= 15 is 0 Å². The number of nitrogens with one attached hydrogen (secondary N) is 2. The molecule has 0 fully saturated rings. The van der Waals surface area contributed by atoms with Crippen molar-refractivity contribution in [3.8, 4) is 17.4 Å². The van der Waals surface area contributed by atoms with Crippen LogP contribution < -0.4 is 20.1 Å². The topological polar surface area (TPSA) is 85.6 Å². The van der Waals surface area contributed by atoms with Gasteiger partial charge in [-0.1, -0.05) is 18.2 Å². The maximum absolute atomic E-state index is 5.86. The molecule has 0 bridgehead atoms. The highest BCUT2D eigenvalue weighted by Gasteiger charge is 2.06. The molecule has 0 saturated heterocycles. The van der Waals surface area contributed by atoms with Crippen molar-refractivity contribution in [2.45, 2.75) is 26.4 Å². The van der Waals surface area contributed by atoms with E-state index < -0.39 is 0 Å². The van der Waals surface area contributed by atoms with Crippen LogP contribution in [0.25, 0.3) is 0 Å². The summed E-state index contributed by atoms with van der Waals surface area (Å²) in [4.78, 5) is 8.65. The Kier molecular flexibility index (Phi) is 10.6. The van der Waals surface area contributed by atoms with Gasteiger partial charge in [-0.25, -0.2) is 4.98 Å². The van der Waals surface area contributed by atoms with E-state index in [0.717, 1.165) is 31.0 Å². The van der Waals surface area contributed by atoms with Gasteiger partial charge in [0.15, 0.2) is 17.5 Å². The molecule has 2 aromatic heterocycles. The Bertz CT molecular complexity index is 916. The number of guanidine groups is 1. The summed E-state index contributed by atoms with van der Waals surface area (Å²) in [6.45, 7) is 4.82. The molecular formula is C22H29IN6O2. The van der Waals surface area contributed by atoms with E-state index in [4.69, 9.17) is 9.47 Å². The minimum Gasteiger partial charge on any atom is -0.490 e. The summed E-state index contributed by atoms with van der Waals surface area (Å²) in [5.74, 6) is 2.63. The van der Waals surface area contributed by atoms with Crippen molar-refractivity contribution in [2.75, 3.05) is 20.2 Å². The minimum atomic E-state index is 0. The van der Waals surface area contributed by atoms with Gasteiger partial charge < -0.3 is 20.1 Å². The highest BCUT2D eigenvalue weighted by atomic mass is 127. The fourth-order valence-corrected chi connectivity index (χ4v) is 2.78. The standard InChI is InChI=1S/C22H28N6O2.HI/c1-3-29-19-8-4-5-9-20(19)30-21-11-10-18(16-25-21)17-26-22(23-2)24-12-6-14-28-15-7-13-27-28;/h4-5,7-11,13,15-16H,3,6,12,14,17H2,1-2H3,(H2,23,24,26);1H. The van der Waals surface area contributed by atoms with Crippen molar-refractivity contribution < 1.29 is 9.47 Å². The summed E-state index contributed by atoms with van der Waals surface area (Å²) < 4.78 is 13.4. The van der Waals surface area contributed by atoms with E-state index in [1.54, 1.807) is 19.4 Å². The highest BCUT2D eigenvalue weighted by Crippen LogP contribution is 2.30. The molecule has 0 radical (unpaired) electrons. The van der Waals surface area contributed by atoms with Gasteiger partial charge in [0, 0.05) is 51.3 Å². The summed E-state index contributed by atoms with van der Waals surface area (Å²) in [6.07, 6.45) is 6.49. The zero-order chi connectivity index (χ0) is 21.0. The Morgan fingerprint density at radius 3 is 2.61 bits per heavy atom. The molecule has 0 aliphatic rings. The number of hydrogen-bond donors (Lipinski definition) is 2. The quantitative estimate of drug-likeness (QED) is 0.177. The predicted molar refractivity (Wildman–Crippen MR) is 132 cm³/mol. The van der Waals surface area contributed by atoms with Gasteiger partial charge in [-0.2, -0.15) is 5.10 Å². The minimum absolute atomic E-state index is 0. The molecule has 2 heterocycles. The molecule has 1 aromatic carbocycles. The smallest absolute Gasteiger partial charge is 0.219 e. The van der Waals surface area contributed by atoms with Gasteiger partial charge in [-0.05, 0) is 37.1 Å². The van der Waals surface area contributed by atoms with E-state index in [9.17, 15) is 0 Å². The molecule has 3 aromatic rings. The molecule has 0 unspecified atom stereocenters. The van der Waals surface area contributed by atoms with Crippen molar-refractivity contribution in [2.24, 2.45) is 4.99 Å². The fourth-order valence-electron chi connectivity index (χ4n) is 2.78. The Hall–Kier alpha value is -2.82. The number of pyridine rings is 1. The largest absolute Gasteiger partial charge is 0.490 e. The monoisotopic (exact) mass is 536 g/mol. The molecule has 0 saturated carbocycles. The van der Waals surface area contributed by atoms with Crippen LogP contribution in [0.1, 0.15) is 18.9 Å². The van der Waals surface area contributed by atoms with Gasteiger partial charge in [0.25, 0.3) is 0 Å². The second-order valence-electron chi connectivity index (χ2n) is 6.46. The van der Waals surface area contributed by atoms with Crippen LogP contribution in [0.2, 0.25) is 0 Å². The summed E-state index contributed by atoms with van der Waals surface area (Å²) in [5, 5.41) is 10.8. The average molecular weight is 536 g/mol. The van der Waals surface area contributed by atoms with Crippen molar-refractivity contribution >= 4 is 29.9 Å². The first-order valence-corrected chi connectivity index (χ1v) is 10.0. The van der Waals surface area contributed by atoms with Crippen LogP contribution in [-0.2, 0) is 13.1 Å². The van der Waals surface area contributed by atoms with Crippen molar-refractivity contribution in [1.29, 1.82) is 0 Å². The molecule has 0 atom stereocenters. The number of ether oxygens (including phenoxy) is 2. The zero-order valence-corrected chi connectivity index (χ0v) is 20.2. The lowest BCUT2D eigenvalue weighted by molar-refractivity contribution is 0.319. The van der Waals surface area contributed by atoms with Crippen LogP contribution in [0.15, 0.2) is 66.0 Å². The third-order valence-electron chi connectivity index (χ3n) is 4.26. The lowest BCUT2D eigenvalue weighted by atomic mass is 10.3. The summed E-state index contributed by atoms with van der Waals surface area (Å²) >= 11 is 0. The second-order valence-corrected chi connectivity index (χ2v) is 6.46. The van der Waals surface area contributed by atoms with Crippen molar-refractivity contribution in [1.82, 2.24) is 25.4 Å². The number of nitrogens with zero attached hydrogens (tertiary/aromatic N) is 4. The Morgan fingerprint density at radius 1 is 1.10 bits per heavy atom. The average Bonchev–Trinajstić information content (AvgIpc) is 3.29. The summed E-state index contributed by atoms with van der Waals surface area (Å²) in [7, 11) is 1.76. The molecule has 166 valence electrons. The molecule has 2 N–H and O–H groups in total. The van der Waals surface area contributed by atoms with E-state index in [2.05, 4.69) is 25.7 Å². The van der Waals surface area contributed by atoms with Gasteiger partial charge in [0.1, 0.15) is 0 Å². The van der Waals surface area contributed by atoms with E-state index in [1.807, 2.05) is 60.3 Å². The normalized spacial score (nSPS) is 10.8. The van der Waals surface area contributed by atoms with Gasteiger partial charge >= 0.3 is 0 Å². The Balaban J connectivity index is 0.00000341. The van der Waals surface area contributed by atoms with Crippen molar-refractivity contribution in [3.63, 3.8) is 0 Å². The number of para-hydroxylation sites is 2. The second kappa shape index (κ2) is 13.5. The highest BCUT2D eigenvalue weighted by molar-refractivity contribution is 14.0. The number of aliphatic imine (C=N–C) groups is 1. The third-order valence-corrected chi connectivity index (χ3v) is 4.26. The molecule has 3 rings (SSSR count). The van der Waals surface area contributed by atoms with E-state index in [-0.39, 0.29) is 24.0 Å². The van der Waals surface area contributed by atoms with Crippen LogP contribution in [-0.4, -0.2) is 40.9 Å². The molecule has 9 heteroatoms. The Labute approximate surface area is 200 Å². The van der Waals surface area contributed by atoms with Crippen molar-refractivity contribution in [3.05, 3.63) is 66.6 Å². The SMILES string of the molecule is CCOc1ccccc1Oc1ccc(CNC(=NC)NCCCn2cccn2)cn1.I. The van der Waals surface area contributed by atoms with Crippen LogP contribution in [0.5, 0.6) is 17.4 Å². The predicted octanol–water partition coefficient (Wildman–Crippen LogP) is 3.84. The van der Waals surface area contributed by atoms with Crippen LogP contribution in [0.4, 0.5) is 0 Å². The number of benzene rings is 1. The molecule has 8 nitrogen and oxygen atoms in total. The Morgan fingerprint density at radius 2 is 1.94 bits per heavy atom. The maximum Gasteiger partial charge on any atom is 0.219 e. The number of halogens is 1. The zero-order valence-electron chi connectivity index (χ0n) is 17.8. The van der Waals surface area contributed by atoms with Crippen LogP contribution >= 0.6 is 24.0 Å². The lowest BCUT2D eigenvalue weighted by Gasteiger charge is -2.13. The molecule has 0 spiro atoms. The van der Waals surface area contributed by atoms with Crippen LogP contribution in [0, 0.1) is 0 Å². The first-order chi connectivity index (χ1) is 14.8. The molecule has 0 aliphatic heterocycles. The first kappa shape index (κ1) is 24.4. The number of hydrogen-bond acceptors (Lipinski definition) is 5. The number of aryl methyl sites for hydroxylation is 1. The molecule has 0 aliphatic carbocycles. The number of aromatic nitrogens is 3. The molecule has 0 amide bonds. The summed E-state index contributed by atoms with van der Waals surface area (Å²) in [5.41, 5.74) is 1.03. The van der Waals surface area contributed by atoms with Crippen LogP contribution in [0.3, 0.4) is 0 Å². The number of rotatable bonds is 10. The first-order valence-electron chi connectivity index (χ1n) is 10.0.